The number of ether oxygens (including phenoxy) is 2. The Morgan fingerprint density at radius 1 is 1.29 bits per heavy atom. The van der Waals surface area contributed by atoms with Gasteiger partial charge in [-0.05, 0) is 18.2 Å². The summed E-state index contributed by atoms with van der Waals surface area (Å²) in [6, 6.07) is 3.95. The second-order valence-electron chi connectivity index (χ2n) is 3.49. The Bertz CT molecular complexity index is 381. The van der Waals surface area contributed by atoms with Crippen LogP contribution in [-0.4, -0.2) is 18.2 Å². The van der Waals surface area contributed by atoms with Gasteiger partial charge in [0, 0.05) is 18.2 Å². The Hall–Kier alpha value is -1.19. The molecule has 3 nitrogen and oxygen atoms in total. The Labute approximate surface area is 82.4 Å². The van der Waals surface area contributed by atoms with E-state index in [-0.39, 0.29) is 0 Å². The molecule has 0 atom stereocenters. The normalized spacial score (nSPS) is 22.6. The third-order valence-electron chi connectivity index (χ3n) is 2.66. The lowest BCUT2D eigenvalue weighted by molar-refractivity contribution is -0.163. The van der Waals surface area contributed by atoms with Crippen molar-refractivity contribution < 1.29 is 9.47 Å². The summed E-state index contributed by atoms with van der Waals surface area (Å²) in [4.78, 5) is 4.29. The van der Waals surface area contributed by atoms with Gasteiger partial charge in [-0.3, -0.25) is 4.98 Å². The lowest BCUT2D eigenvalue weighted by atomic mass is 9.95. The second-order valence-corrected chi connectivity index (χ2v) is 3.49. The number of hydrogen-bond acceptors (Lipinski definition) is 3. The molecular formula is C11H11NO2. The van der Waals surface area contributed by atoms with Crippen LogP contribution in [0.4, 0.5) is 0 Å². The number of hydrogen-bond donors (Lipinski definition) is 0. The van der Waals surface area contributed by atoms with Crippen molar-refractivity contribution in [1.82, 2.24) is 4.98 Å². The third kappa shape index (κ3) is 1.03. The molecule has 0 radical (unpaired) electrons. The molecule has 1 aromatic heterocycles. The molecule has 72 valence electrons. The van der Waals surface area contributed by atoms with Crippen LogP contribution in [0, 0.1) is 0 Å². The molecule has 2 heterocycles. The van der Waals surface area contributed by atoms with E-state index in [0.717, 1.165) is 17.7 Å². The number of rotatable bonds is 0. The van der Waals surface area contributed by atoms with E-state index in [4.69, 9.17) is 9.47 Å². The molecule has 0 unspecified atom stereocenters. The predicted octanol–water partition coefficient (Wildman–Crippen LogP) is 1.70. The largest absolute Gasteiger partial charge is 0.343 e. The van der Waals surface area contributed by atoms with Crippen molar-refractivity contribution in [2.45, 2.75) is 12.2 Å². The second kappa shape index (κ2) is 2.90. The first-order valence-corrected chi connectivity index (χ1v) is 4.81. The molecule has 1 fully saturated rings. The molecule has 1 aliphatic carbocycles. The Morgan fingerprint density at radius 2 is 2.14 bits per heavy atom. The van der Waals surface area contributed by atoms with Crippen LogP contribution >= 0.6 is 0 Å². The van der Waals surface area contributed by atoms with E-state index in [2.05, 4.69) is 11.1 Å². The minimum Gasteiger partial charge on any atom is -0.343 e. The van der Waals surface area contributed by atoms with Crippen molar-refractivity contribution in [3.05, 3.63) is 35.7 Å². The summed E-state index contributed by atoms with van der Waals surface area (Å²) in [5, 5.41) is 0. The van der Waals surface area contributed by atoms with Crippen LogP contribution in [0.15, 0.2) is 24.4 Å². The quantitative estimate of drug-likeness (QED) is 0.622. The van der Waals surface area contributed by atoms with Crippen LogP contribution in [0.3, 0.4) is 0 Å². The van der Waals surface area contributed by atoms with Crippen LogP contribution in [0.2, 0.25) is 0 Å². The van der Waals surface area contributed by atoms with Crippen LogP contribution in [0.25, 0.3) is 6.08 Å². The van der Waals surface area contributed by atoms with Gasteiger partial charge in [0.2, 0.25) is 5.79 Å². The zero-order valence-electron chi connectivity index (χ0n) is 7.77. The molecule has 1 saturated heterocycles. The summed E-state index contributed by atoms with van der Waals surface area (Å²) in [5.74, 6) is -0.543. The summed E-state index contributed by atoms with van der Waals surface area (Å²) >= 11 is 0. The van der Waals surface area contributed by atoms with E-state index in [0.29, 0.717) is 13.2 Å². The van der Waals surface area contributed by atoms with Crippen LogP contribution in [-0.2, 0) is 15.3 Å². The van der Waals surface area contributed by atoms with Crippen molar-refractivity contribution in [1.29, 1.82) is 0 Å². The summed E-state index contributed by atoms with van der Waals surface area (Å²) < 4.78 is 11.4. The number of aromatic nitrogens is 1. The maximum atomic E-state index is 5.69. The van der Waals surface area contributed by atoms with Gasteiger partial charge in [0.1, 0.15) is 0 Å². The van der Waals surface area contributed by atoms with Crippen LogP contribution in [0.1, 0.15) is 17.7 Å². The predicted molar refractivity (Wildman–Crippen MR) is 51.5 cm³/mol. The molecule has 1 spiro atoms. The molecule has 1 aromatic rings. The maximum absolute atomic E-state index is 5.69. The highest BCUT2D eigenvalue weighted by atomic mass is 16.7. The standard InChI is InChI=1S/C11H11NO2/c1-4-10-9(3-2-6-12-10)11(5-1)13-7-8-14-11/h1-4,6H,5,7-8H2. The number of nitrogens with zero attached hydrogens (tertiary/aromatic N) is 1. The monoisotopic (exact) mass is 189 g/mol. The topological polar surface area (TPSA) is 31.4 Å². The van der Waals surface area contributed by atoms with Gasteiger partial charge in [-0.2, -0.15) is 0 Å². The average Bonchev–Trinajstić information content (AvgIpc) is 2.68. The van der Waals surface area contributed by atoms with Gasteiger partial charge in [0.15, 0.2) is 0 Å². The van der Waals surface area contributed by atoms with E-state index in [1.807, 2.05) is 18.2 Å². The fourth-order valence-electron chi connectivity index (χ4n) is 2.04. The first-order valence-electron chi connectivity index (χ1n) is 4.81. The first kappa shape index (κ1) is 8.15. The van der Waals surface area contributed by atoms with Gasteiger partial charge in [-0.25, -0.2) is 0 Å². The zero-order chi connectivity index (χ0) is 9.43. The molecule has 0 saturated carbocycles. The lowest BCUT2D eigenvalue weighted by Gasteiger charge is -2.29. The van der Waals surface area contributed by atoms with Crippen molar-refractivity contribution in [2.24, 2.45) is 0 Å². The molecule has 0 aromatic carbocycles. The van der Waals surface area contributed by atoms with E-state index >= 15 is 0 Å². The molecule has 3 rings (SSSR count). The lowest BCUT2D eigenvalue weighted by Crippen LogP contribution is -2.29. The molecule has 1 aliphatic heterocycles. The van der Waals surface area contributed by atoms with E-state index in [9.17, 15) is 0 Å². The van der Waals surface area contributed by atoms with Gasteiger partial charge in [0.05, 0.1) is 18.9 Å². The van der Waals surface area contributed by atoms with E-state index in [1.165, 1.54) is 0 Å². The number of fused-ring (bicyclic) bond motifs is 2. The van der Waals surface area contributed by atoms with Crippen LogP contribution in [0.5, 0.6) is 0 Å². The van der Waals surface area contributed by atoms with Gasteiger partial charge in [-0.15, -0.1) is 0 Å². The highest BCUT2D eigenvalue weighted by Gasteiger charge is 2.40. The highest BCUT2D eigenvalue weighted by Crippen LogP contribution is 2.39. The summed E-state index contributed by atoms with van der Waals surface area (Å²) in [6.45, 7) is 1.34. The molecule has 14 heavy (non-hydrogen) atoms. The first-order chi connectivity index (χ1) is 6.91. The maximum Gasteiger partial charge on any atom is 0.200 e. The van der Waals surface area contributed by atoms with Crippen molar-refractivity contribution in [2.75, 3.05) is 13.2 Å². The minimum absolute atomic E-state index is 0.543. The Balaban J connectivity index is 2.15. The third-order valence-corrected chi connectivity index (χ3v) is 2.66. The molecular weight excluding hydrogens is 178 g/mol. The van der Waals surface area contributed by atoms with Crippen LogP contribution < -0.4 is 0 Å². The van der Waals surface area contributed by atoms with Gasteiger partial charge >= 0.3 is 0 Å². The fraction of sp³-hybridized carbons (Fsp3) is 0.364. The molecule has 2 aliphatic rings. The summed E-state index contributed by atoms with van der Waals surface area (Å²) in [7, 11) is 0. The highest BCUT2D eigenvalue weighted by molar-refractivity contribution is 5.54. The van der Waals surface area contributed by atoms with E-state index < -0.39 is 5.79 Å². The molecule has 0 N–H and O–H groups in total. The summed E-state index contributed by atoms with van der Waals surface area (Å²) in [6.07, 6.45) is 6.65. The van der Waals surface area contributed by atoms with Gasteiger partial charge < -0.3 is 9.47 Å². The molecule has 0 amide bonds. The Morgan fingerprint density at radius 3 is 3.00 bits per heavy atom. The van der Waals surface area contributed by atoms with Crippen molar-refractivity contribution in [3.63, 3.8) is 0 Å². The summed E-state index contributed by atoms with van der Waals surface area (Å²) in [5.41, 5.74) is 2.01. The van der Waals surface area contributed by atoms with Gasteiger partial charge in [-0.1, -0.05) is 6.08 Å². The molecule has 3 heteroatoms. The fourth-order valence-corrected chi connectivity index (χ4v) is 2.04. The average molecular weight is 189 g/mol. The van der Waals surface area contributed by atoms with Crippen molar-refractivity contribution in [3.8, 4) is 0 Å². The molecule has 0 bridgehead atoms. The number of pyridine rings is 1. The van der Waals surface area contributed by atoms with Crippen molar-refractivity contribution >= 4 is 6.08 Å². The zero-order valence-corrected chi connectivity index (χ0v) is 7.77. The minimum atomic E-state index is -0.543. The van der Waals surface area contributed by atoms with E-state index in [1.54, 1.807) is 6.20 Å². The van der Waals surface area contributed by atoms with Gasteiger partial charge in [0.25, 0.3) is 0 Å². The Kier molecular flexibility index (Phi) is 1.69. The SMILES string of the molecule is C1=Cc2ncccc2C2(C1)OCCO2. The smallest absolute Gasteiger partial charge is 0.200 e.